The molecule has 16 heavy (non-hydrogen) atoms. The first-order chi connectivity index (χ1) is 7.81. The average molecular weight is 230 g/mol. The van der Waals surface area contributed by atoms with Gasteiger partial charge in [-0.1, -0.05) is 42.5 Å². The van der Waals surface area contributed by atoms with Gasteiger partial charge in [-0.15, -0.1) is 0 Å². The van der Waals surface area contributed by atoms with Crippen LogP contribution in [0, 0.1) is 0 Å². The minimum Gasteiger partial charge on any atom is -0.254 e. The Morgan fingerprint density at radius 1 is 1.12 bits per heavy atom. The highest BCUT2D eigenvalue weighted by molar-refractivity contribution is 7.85. The molecule has 2 rings (SSSR count). The summed E-state index contributed by atoms with van der Waals surface area (Å²) >= 11 is 0. The van der Waals surface area contributed by atoms with Gasteiger partial charge in [0, 0.05) is 10.6 Å². The van der Waals surface area contributed by atoms with Gasteiger partial charge in [-0.25, -0.2) is 0 Å². The largest absolute Gasteiger partial charge is 0.254 e. The Hall–Kier alpha value is -1.41. The Bertz CT molecular complexity index is 543. The van der Waals surface area contributed by atoms with Crippen molar-refractivity contribution in [2.45, 2.75) is 11.8 Å². The number of allylic oxidation sites excluding steroid dienone is 1. The van der Waals surface area contributed by atoms with Gasteiger partial charge < -0.3 is 0 Å². The highest BCUT2D eigenvalue weighted by Gasteiger charge is 2.02. The Labute approximate surface area is 98.3 Å². The number of rotatable bonds is 3. The minimum atomic E-state index is -0.926. The van der Waals surface area contributed by atoms with Crippen LogP contribution in [0.3, 0.4) is 0 Å². The van der Waals surface area contributed by atoms with E-state index in [1.54, 1.807) is 0 Å². The lowest BCUT2D eigenvalue weighted by atomic mass is 10.1. The summed E-state index contributed by atoms with van der Waals surface area (Å²) < 4.78 is 11.9. The maximum atomic E-state index is 11.9. The van der Waals surface area contributed by atoms with E-state index in [-0.39, 0.29) is 0 Å². The second-order valence-electron chi connectivity index (χ2n) is 3.59. The molecule has 0 spiro atoms. The fourth-order valence-electron chi connectivity index (χ4n) is 1.59. The Kier molecular flexibility index (Phi) is 3.52. The van der Waals surface area contributed by atoms with Gasteiger partial charge in [-0.05, 0) is 29.8 Å². The van der Waals surface area contributed by atoms with Gasteiger partial charge in [0.2, 0.25) is 0 Å². The molecule has 0 saturated carbocycles. The van der Waals surface area contributed by atoms with E-state index in [0.717, 1.165) is 10.3 Å². The molecule has 82 valence electrons. The molecule has 0 aromatic heterocycles. The van der Waals surface area contributed by atoms with E-state index in [0.29, 0.717) is 5.75 Å². The third-order valence-electron chi connectivity index (χ3n) is 2.47. The molecule has 0 fully saturated rings. The summed E-state index contributed by atoms with van der Waals surface area (Å²) in [6.07, 6.45) is 3.87. The SMILES string of the molecule is C/C=C/CS(=O)c1ccc2ccccc2c1. The van der Waals surface area contributed by atoms with Gasteiger partial charge in [-0.2, -0.15) is 0 Å². The summed E-state index contributed by atoms with van der Waals surface area (Å²) in [6, 6.07) is 14.1. The van der Waals surface area contributed by atoms with Crippen LogP contribution in [0.15, 0.2) is 59.5 Å². The van der Waals surface area contributed by atoms with Crippen LogP contribution in [-0.2, 0) is 10.8 Å². The molecule has 0 amide bonds. The van der Waals surface area contributed by atoms with Crippen LogP contribution >= 0.6 is 0 Å². The first kappa shape index (κ1) is 11.1. The fraction of sp³-hybridized carbons (Fsp3) is 0.143. The van der Waals surface area contributed by atoms with Gasteiger partial charge in [0.1, 0.15) is 0 Å². The summed E-state index contributed by atoms with van der Waals surface area (Å²) in [6.45, 7) is 1.94. The zero-order valence-corrected chi connectivity index (χ0v) is 10.0. The second-order valence-corrected chi connectivity index (χ2v) is 5.09. The Morgan fingerprint density at radius 3 is 2.62 bits per heavy atom. The normalized spacial score (nSPS) is 13.3. The zero-order chi connectivity index (χ0) is 11.4. The second kappa shape index (κ2) is 5.08. The third-order valence-corrected chi connectivity index (χ3v) is 3.74. The molecule has 0 heterocycles. The van der Waals surface area contributed by atoms with Crippen molar-refractivity contribution >= 4 is 21.6 Å². The summed E-state index contributed by atoms with van der Waals surface area (Å²) in [4.78, 5) is 0.900. The standard InChI is InChI=1S/C14H14OS/c1-2-3-10-16(15)14-9-8-12-6-4-5-7-13(12)11-14/h2-9,11H,10H2,1H3/b3-2+. The fourth-order valence-corrected chi connectivity index (χ4v) is 2.63. The zero-order valence-electron chi connectivity index (χ0n) is 9.22. The first-order valence-electron chi connectivity index (χ1n) is 5.29. The van der Waals surface area contributed by atoms with Crippen LogP contribution in [0.1, 0.15) is 6.92 Å². The minimum absolute atomic E-state index is 0.592. The molecule has 2 heteroatoms. The van der Waals surface area contributed by atoms with Gasteiger partial charge in [0.25, 0.3) is 0 Å². The summed E-state index contributed by atoms with van der Waals surface area (Å²) in [5.74, 6) is 0.592. The van der Waals surface area contributed by atoms with Crippen molar-refractivity contribution < 1.29 is 4.21 Å². The van der Waals surface area contributed by atoms with Crippen molar-refractivity contribution in [1.29, 1.82) is 0 Å². The lowest BCUT2D eigenvalue weighted by Gasteiger charge is -2.02. The van der Waals surface area contributed by atoms with Gasteiger partial charge >= 0.3 is 0 Å². The van der Waals surface area contributed by atoms with E-state index in [2.05, 4.69) is 6.07 Å². The van der Waals surface area contributed by atoms with Gasteiger partial charge in [0.05, 0.1) is 10.8 Å². The van der Waals surface area contributed by atoms with Crippen LogP contribution < -0.4 is 0 Å². The Morgan fingerprint density at radius 2 is 1.88 bits per heavy atom. The van der Waals surface area contributed by atoms with Crippen molar-refractivity contribution in [3.8, 4) is 0 Å². The molecule has 1 nitrogen and oxygen atoms in total. The predicted molar refractivity (Wildman–Crippen MR) is 70.0 cm³/mol. The van der Waals surface area contributed by atoms with Crippen molar-refractivity contribution in [3.63, 3.8) is 0 Å². The molecule has 0 radical (unpaired) electrons. The van der Waals surface area contributed by atoms with Crippen molar-refractivity contribution in [2.24, 2.45) is 0 Å². The van der Waals surface area contributed by atoms with Crippen LogP contribution in [0.4, 0.5) is 0 Å². The first-order valence-corrected chi connectivity index (χ1v) is 6.61. The quantitative estimate of drug-likeness (QED) is 0.737. The van der Waals surface area contributed by atoms with Crippen LogP contribution in [-0.4, -0.2) is 9.96 Å². The molecule has 0 aliphatic carbocycles. The highest BCUT2D eigenvalue weighted by atomic mass is 32.2. The number of hydrogen-bond acceptors (Lipinski definition) is 1. The molecule has 0 bridgehead atoms. The van der Waals surface area contributed by atoms with E-state index < -0.39 is 10.8 Å². The summed E-state index contributed by atoms with van der Waals surface area (Å²) in [7, 11) is -0.926. The third kappa shape index (κ3) is 2.39. The van der Waals surface area contributed by atoms with E-state index in [1.165, 1.54) is 5.39 Å². The smallest absolute Gasteiger partial charge is 0.0568 e. The number of hydrogen-bond donors (Lipinski definition) is 0. The molecular weight excluding hydrogens is 216 g/mol. The van der Waals surface area contributed by atoms with Crippen molar-refractivity contribution in [3.05, 3.63) is 54.6 Å². The van der Waals surface area contributed by atoms with E-state index in [1.807, 2.05) is 55.5 Å². The average Bonchev–Trinajstić information content (AvgIpc) is 2.35. The molecule has 1 atom stereocenters. The van der Waals surface area contributed by atoms with Gasteiger partial charge in [-0.3, -0.25) is 4.21 Å². The molecule has 2 aromatic carbocycles. The van der Waals surface area contributed by atoms with E-state index in [4.69, 9.17) is 0 Å². The van der Waals surface area contributed by atoms with Crippen molar-refractivity contribution in [2.75, 3.05) is 5.75 Å². The highest BCUT2D eigenvalue weighted by Crippen LogP contribution is 2.17. The Balaban J connectivity index is 2.35. The molecule has 0 saturated heterocycles. The number of benzene rings is 2. The van der Waals surface area contributed by atoms with E-state index >= 15 is 0 Å². The lowest BCUT2D eigenvalue weighted by molar-refractivity contribution is 0.685. The molecule has 0 aliphatic rings. The van der Waals surface area contributed by atoms with Gasteiger partial charge in [0.15, 0.2) is 0 Å². The molecular formula is C14H14OS. The summed E-state index contributed by atoms with van der Waals surface area (Å²) in [5, 5.41) is 2.34. The molecule has 1 unspecified atom stereocenters. The topological polar surface area (TPSA) is 17.1 Å². The lowest BCUT2D eigenvalue weighted by Crippen LogP contribution is -1.94. The molecule has 0 aliphatic heterocycles. The van der Waals surface area contributed by atoms with E-state index in [9.17, 15) is 4.21 Å². The maximum absolute atomic E-state index is 11.9. The van der Waals surface area contributed by atoms with Crippen molar-refractivity contribution in [1.82, 2.24) is 0 Å². The van der Waals surface area contributed by atoms with Crippen LogP contribution in [0.25, 0.3) is 10.8 Å². The molecule has 0 N–H and O–H groups in total. The molecule has 2 aromatic rings. The maximum Gasteiger partial charge on any atom is 0.0568 e. The monoisotopic (exact) mass is 230 g/mol. The number of fused-ring (bicyclic) bond motifs is 1. The van der Waals surface area contributed by atoms with Crippen LogP contribution in [0.5, 0.6) is 0 Å². The van der Waals surface area contributed by atoms with Crippen LogP contribution in [0.2, 0.25) is 0 Å². The predicted octanol–water partition coefficient (Wildman–Crippen LogP) is 3.52. The summed E-state index contributed by atoms with van der Waals surface area (Å²) in [5.41, 5.74) is 0.